The maximum atomic E-state index is 14.4. The second-order valence-electron chi connectivity index (χ2n) is 5.99. The van der Waals surface area contributed by atoms with Crippen LogP contribution in [0, 0.1) is 29.3 Å². The van der Waals surface area contributed by atoms with E-state index in [0.717, 1.165) is 36.5 Å². The van der Waals surface area contributed by atoms with Crippen LogP contribution in [0.3, 0.4) is 0 Å². The highest BCUT2D eigenvalue weighted by Crippen LogP contribution is 2.30. The number of hydrogen-bond acceptors (Lipinski definition) is 0. The molecule has 0 aliphatic heterocycles. The van der Waals surface area contributed by atoms with E-state index in [4.69, 9.17) is 0 Å². The number of hydrogen-bond donors (Lipinski definition) is 0. The summed E-state index contributed by atoms with van der Waals surface area (Å²) in [5.41, 5.74) is -0.378. The summed E-state index contributed by atoms with van der Waals surface area (Å²) in [7, 11) is 0. The maximum absolute atomic E-state index is 14.4. The first-order valence-corrected chi connectivity index (χ1v) is 8.01. The molecule has 1 unspecified atom stereocenters. The number of benzene rings is 2. The Morgan fingerprint density at radius 3 is 2.08 bits per heavy atom. The van der Waals surface area contributed by atoms with Crippen LogP contribution in [0.15, 0.2) is 30.3 Å². The molecule has 0 N–H and O–H groups in total. The topological polar surface area (TPSA) is 0 Å². The van der Waals surface area contributed by atoms with Crippen LogP contribution in [0.4, 0.5) is 26.3 Å². The minimum absolute atomic E-state index is 0.0365. The summed E-state index contributed by atoms with van der Waals surface area (Å²) in [5.74, 6) is -0.822. The fourth-order valence-corrected chi connectivity index (χ4v) is 2.65. The van der Waals surface area contributed by atoms with Gasteiger partial charge >= 0.3 is 6.18 Å². The molecule has 138 valence electrons. The molecule has 0 nitrogen and oxygen atoms in total. The van der Waals surface area contributed by atoms with Gasteiger partial charge < -0.3 is 0 Å². The average Bonchev–Trinajstić information content (AvgIpc) is 2.53. The van der Waals surface area contributed by atoms with Crippen LogP contribution < -0.4 is 0 Å². The molecule has 0 aromatic heterocycles. The first-order valence-electron chi connectivity index (χ1n) is 8.01. The maximum Gasteiger partial charge on any atom is 0.458 e. The molecule has 1 atom stereocenters. The molecular weight excluding hydrogens is 354 g/mol. The molecule has 2 aromatic carbocycles. The SMILES string of the molecule is CCCC(C)c1ccc(-c2cc(F)c(C#CC(F)(F)F)c(F)c2)c(F)c1. The van der Waals surface area contributed by atoms with Crippen molar-refractivity contribution in [1.82, 2.24) is 0 Å². The van der Waals surface area contributed by atoms with E-state index in [-0.39, 0.29) is 17.0 Å². The molecule has 0 saturated heterocycles. The first kappa shape index (κ1) is 19.9. The Morgan fingerprint density at radius 1 is 0.962 bits per heavy atom. The van der Waals surface area contributed by atoms with E-state index < -0.39 is 29.2 Å². The molecular formula is C20H16F6. The van der Waals surface area contributed by atoms with Gasteiger partial charge in [-0.25, -0.2) is 13.2 Å². The molecule has 0 spiro atoms. The molecule has 2 aromatic rings. The summed E-state index contributed by atoms with van der Waals surface area (Å²) in [4.78, 5) is 0. The second kappa shape index (κ2) is 7.86. The number of halogens is 6. The van der Waals surface area contributed by atoms with Gasteiger partial charge in [-0.2, -0.15) is 13.2 Å². The number of rotatable bonds is 4. The van der Waals surface area contributed by atoms with E-state index in [1.165, 1.54) is 18.1 Å². The van der Waals surface area contributed by atoms with Crippen LogP contribution >= 0.6 is 0 Å². The zero-order valence-corrected chi connectivity index (χ0v) is 14.1. The van der Waals surface area contributed by atoms with Crippen LogP contribution in [0.25, 0.3) is 11.1 Å². The van der Waals surface area contributed by atoms with Crippen LogP contribution in [0.2, 0.25) is 0 Å². The Bertz CT molecular complexity index is 832. The third-order valence-electron chi connectivity index (χ3n) is 3.97. The van der Waals surface area contributed by atoms with Crippen molar-refractivity contribution in [1.29, 1.82) is 0 Å². The summed E-state index contributed by atoms with van der Waals surface area (Å²) in [6.45, 7) is 3.96. The van der Waals surface area contributed by atoms with E-state index in [9.17, 15) is 26.3 Å². The van der Waals surface area contributed by atoms with Gasteiger partial charge in [0.15, 0.2) is 0 Å². The Labute approximate surface area is 147 Å². The van der Waals surface area contributed by atoms with Gasteiger partial charge in [-0.15, -0.1) is 0 Å². The molecule has 0 heterocycles. The van der Waals surface area contributed by atoms with Gasteiger partial charge in [0.05, 0.1) is 5.56 Å². The normalized spacial score (nSPS) is 12.5. The van der Waals surface area contributed by atoms with Crippen LogP contribution in [-0.4, -0.2) is 6.18 Å². The van der Waals surface area contributed by atoms with E-state index in [0.29, 0.717) is 0 Å². The van der Waals surface area contributed by atoms with Crippen molar-refractivity contribution in [3.63, 3.8) is 0 Å². The predicted octanol–water partition coefficient (Wildman–Crippen LogP) is 6.59. The molecule has 0 bridgehead atoms. The molecule has 2 rings (SSSR count). The summed E-state index contributed by atoms with van der Waals surface area (Å²) >= 11 is 0. The van der Waals surface area contributed by atoms with Gasteiger partial charge in [-0.05, 0) is 41.7 Å². The van der Waals surface area contributed by atoms with E-state index in [1.54, 1.807) is 6.07 Å². The van der Waals surface area contributed by atoms with E-state index in [1.807, 2.05) is 13.8 Å². The highest BCUT2D eigenvalue weighted by Gasteiger charge is 2.24. The van der Waals surface area contributed by atoms with Crippen molar-refractivity contribution in [3.05, 3.63) is 58.9 Å². The zero-order chi connectivity index (χ0) is 19.5. The highest BCUT2D eigenvalue weighted by molar-refractivity contribution is 5.66. The fraction of sp³-hybridized carbons (Fsp3) is 0.300. The lowest BCUT2D eigenvalue weighted by molar-refractivity contribution is -0.0696. The third-order valence-corrected chi connectivity index (χ3v) is 3.97. The molecule has 0 radical (unpaired) electrons. The van der Waals surface area contributed by atoms with Gasteiger partial charge in [0.2, 0.25) is 0 Å². The van der Waals surface area contributed by atoms with Crippen molar-refractivity contribution in [2.45, 2.75) is 38.8 Å². The fourth-order valence-electron chi connectivity index (χ4n) is 2.65. The molecule has 0 fully saturated rings. The quantitative estimate of drug-likeness (QED) is 0.421. The minimum Gasteiger partial charge on any atom is -0.206 e. The van der Waals surface area contributed by atoms with E-state index in [2.05, 4.69) is 0 Å². The Kier molecular flexibility index (Phi) is 6.01. The standard InChI is InChI=1S/C20H16F6/c1-3-4-12(2)13-5-6-15(17(21)9-13)14-10-18(22)16(19(23)11-14)7-8-20(24,25)26/h5-6,9-12H,3-4H2,1-2H3. The monoisotopic (exact) mass is 370 g/mol. The highest BCUT2D eigenvalue weighted by atomic mass is 19.4. The average molecular weight is 370 g/mol. The van der Waals surface area contributed by atoms with Gasteiger partial charge in [0, 0.05) is 11.5 Å². The Balaban J connectivity index is 2.42. The molecule has 0 amide bonds. The predicted molar refractivity (Wildman–Crippen MR) is 88.0 cm³/mol. The zero-order valence-electron chi connectivity index (χ0n) is 14.1. The molecule has 6 heteroatoms. The van der Waals surface area contributed by atoms with Gasteiger partial charge in [-0.3, -0.25) is 0 Å². The van der Waals surface area contributed by atoms with Gasteiger partial charge in [-0.1, -0.05) is 38.3 Å². The second-order valence-corrected chi connectivity index (χ2v) is 5.99. The van der Waals surface area contributed by atoms with Crippen LogP contribution in [0.5, 0.6) is 0 Å². The van der Waals surface area contributed by atoms with Crippen molar-refractivity contribution in [2.24, 2.45) is 0 Å². The summed E-state index contributed by atoms with van der Waals surface area (Å²) in [5, 5.41) is 0. The smallest absolute Gasteiger partial charge is 0.206 e. The lowest BCUT2D eigenvalue weighted by Crippen LogP contribution is -2.02. The van der Waals surface area contributed by atoms with Crippen LogP contribution in [0.1, 0.15) is 43.7 Å². The third kappa shape index (κ3) is 4.81. The minimum atomic E-state index is -4.87. The lowest BCUT2D eigenvalue weighted by atomic mass is 9.93. The van der Waals surface area contributed by atoms with E-state index >= 15 is 0 Å². The number of alkyl halides is 3. The molecule has 0 aliphatic carbocycles. The van der Waals surface area contributed by atoms with Crippen LogP contribution in [-0.2, 0) is 0 Å². The molecule has 0 saturated carbocycles. The van der Waals surface area contributed by atoms with Gasteiger partial charge in [0.25, 0.3) is 0 Å². The molecule has 0 aliphatic rings. The summed E-state index contributed by atoms with van der Waals surface area (Å²) < 4.78 is 78.6. The lowest BCUT2D eigenvalue weighted by Gasteiger charge is -2.13. The molecule has 26 heavy (non-hydrogen) atoms. The van der Waals surface area contributed by atoms with Crippen molar-refractivity contribution in [2.75, 3.05) is 0 Å². The van der Waals surface area contributed by atoms with Gasteiger partial charge in [0.1, 0.15) is 17.5 Å². The Morgan fingerprint density at radius 2 is 1.58 bits per heavy atom. The summed E-state index contributed by atoms with van der Waals surface area (Å²) in [6.07, 6.45) is -3.06. The van der Waals surface area contributed by atoms with Crippen molar-refractivity contribution < 1.29 is 26.3 Å². The van der Waals surface area contributed by atoms with Crippen molar-refractivity contribution in [3.8, 4) is 23.0 Å². The Hall–Kier alpha value is -2.42. The first-order chi connectivity index (χ1) is 12.1. The summed E-state index contributed by atoms with van der Waals surface area (Å²) in [6, 6.07) is 5.94. The largest absolute Gasteiger partial charge is 0.458 e. The van der Waals surface area contributed by atoms with Crippen molar-refractivity contribution >= 4 is 0 Å².